The molecular weight excluding hydrogens is 256 g/mol. The maximum Gasteiger partial charge on any atom is 0.328 e. The van der Waals surface area contributed by atoms with E-state index in [0.29, 0.717) is 12.3 Å². The summed E-state index contributed by atoms with van der Waals surface area (Å²) in [5.41, 5.74) is -0.339. The van der Waals surface area contributed by atoms with Gasteiger partial charge in [-0.25, -0.2) is 4.79 Å². The molecule has 0 aromatic heterocycles. The largest absolute Gasteiger partial charge is 0.467 e. The Balaban J connectivity index is 2.75. The molecule has 1 fully saturated rings. The van der Waals surface area contributed by atoms with E-state index >= 15 is 0 Å². The highest BCUT2D eigenvalue weighted by Crippen LogP contribution is 2.33. The third-order valence-electron chi connectivity index (χ3n) is 4.22. The molecule has 116 valence electrons. The highest BCUT2D eigenvalue weighted by atomic mass is 16.5. The van der Waals surface area contributed by atoms with E-state index in [1.54, 1.807) is 0 Å². The second-order valence-electron chi connectivity index (χ2n) is 6.06. The molecule has 1 atom stereocenters. The Labute approximate surface area is 121 Å². The van der Waals surface area contributed by atoms with Crippen LogP contribution in [0.25, 0.3) is 0 Å². The van der Waals surface area contributed by atoms with Crippen molar-refractivity contribution in [2.24, 2.45) is 11.3 Å². The molecule has 1 unspecified atom stereocenters. The van der Waals surface area contributed by atoms with Crippen molar-refractivity contribution in [1.82, 2.24) is 10.6 Å². The quantitative estimate of drug-likeness (QED) is 0.725. The van der Waals surface area contributed by atoms with E-state index < -0.39 is 6.04 Å². The van der Waals surface area contributed by atoms with Gasteiger partial charge in [-0.3, -0.25) is 4.79 Å². The molecule has 1 rings (SSSR count). The Morgan fingerprint density at radius 1 is 1.30 bits per heavy atom. The number of nitrogens with one attached hydrogen (secondary N) is 2. The number of rotatable bonds is 6. The number of ether oxygens (including phenoxy) is 1. The van der Waals surface area contributed by atoms with Gasteiger partial charge in [-0.1, -0.05) is 20.8 Å². The van der Waals surface area contributed by atoms with Crippen LogP contribution in [-0.2, 0) is 14.3 Å². The fourth-order valence-electron chi connectivity index (χ4n) is 2.79. The van der Waals surface area contributed by atoms with Gasteiger partial charge in [0, 0.05) is 0 Å². The monoisotopic (exact) mass is 284 g/mol. The van der Waals surface area contributed by atoms with Crippen LogP contribution in [0.4, 0.5) is 0 Å². The van der Waals surface area contributed by atoms with Gasteiger partial charge in [0.05, 0.1) is 12.5 Å². The molecule has 2 N–H and O–H groups in total. The van der Waals surface area contributed by atoms with E-state index in [4.69, 9.17) is 4.74 Å². The van der Waals surface area contributed by atoms with Crippen LogP contribution < -0.4 is 10.6 Å². The molecule has 5 nitrogen and oxygen atoms in total. The molecule has 1 heterocycles. The van der Waals surface area contributed by atoms with Crippen LogP contribution in [0.1, 0.15) is 46.5 Å². The number of hydrogen-bond donors (Lipinski definition) is 2. The topological polar surface area (TPSA) is 67.4 Å². The lowest BCUT2D eigenvalue weighted by Gasteiger charge is -2.36. The third kappa shape index (κ3) is 4.20. The lowest BCUT2D eigenvalue weighted by Crippen LogP contribution is -2.52. The van der Waals surface area contributed by atoms with Gasteiger partial charge in [-0.05, 0) is 44.7 Å². The van der Waals surface area contributed by atoms with Gasteiger partial charge in [0.25, 0.3) is 0 Å². The number of esters is 1. The number of methoxy groups -OCH3 is 1. The standard InChI is InChI=1S/C15H28N2O3/c1-5-15(6-8-16-9-7-15)14(19)17-12(10-11(2)3)13(18)20-4/h11-12,16H,5-10H2,1-4H3,(H,17,19). The van der Waals surface area contributed by atoms with Gasteiger partial charge in [0.2, 0.25) is 5.91 Å². The second-order valence-corrected chi connectivity index (χ2v) is 6.06. The van der Waals surface area contributed by atoms with Crippen molar-refractivity contribution < 1.29 is 14.3 Å². The summed E-state index contributed by atoms with van der Waals surface area (Å²) in [5.74, 6) is -0.0326. The Morgan fingerprint density at radius 2 is 1.90 bits per heavy atom. The van der Waals surface area contributed by atoms with Gasteiger partial charge in [0.1, 0.15) is 6.04 Å². The minimum absolute atomic E-state index is 0.00227. The predicted molar refractivity (Wildman–Crippen MR) is 78.2 cm³/mol. The number of carbonyl (C=O) groups excluding carboxylic acids is 2. The second kappa shape index (κ2) is 7.62. The van der Waals surface area contributed by atoms with Crippen LogP contribution in [0.5, 0.6) is 0 Å². The Morgan fingerprint density at radius 3 is 2.35 bits per heavy atom. The van der Waals surface area contributed by atoms with Crippen LogP contribution in [0.3, 0.4) is 0 Å². The summed E-state index contributed by atoms with van der Waals surface area (Å²) in [5, 5.41) is 6.20. The zero-order valence-corrected chi connectivity index (χ0v) is 13.1. The molecule has 20 heavy (non-hydrogen) atoms. The Kier molecular flexibility index (Phi) is 6.46. The summed E-state index contributed by atoms with van der Waals surface area (Å²) in [6.45, 7) is 7.81. The first kappa shape index (κ1) is 17.0. The molecule has 1 aliphatic heterocycles. The van der Waals surface area contributed by atoms with Crippen LogP contribution in [0.2, 0.25) is 0 Å². The number of hydrogen-bond acceptors (Lipinski definition) is 4. The van der Waals surface area contributed by atoms with Crippen molar-refractivity contribution in [3.8, 4) is 0 Å². The average Bonchev–Trinajstić information content (AvgIpc) is 2.45. The van der Waals surface area contributed by atoms with E-state index in [9.17, 15) is 9.59 Å². The third-order valence-corrected chi connectivity index (χ3v) is 4.22. The van der Waals surface area contributed by atoms with Crippen LogP contribution in [0.15, 0.2) is 0 Å². The molecule has 0 aromatic rings. The fourth-order valence-corrected chi connectivity index (χ4v) is 2.79. The number of piperidine rings is 1. The summed E-state index contributed by atoms with van der Waals surface area (Å²) in [6, 6.07) is -0.536. The molecule has 0 spiro atoms. The van der Waals surface area contributed by atoms with E-state index in [2.05, 4.69) is 10.6 Å². The molecule has 5 heteroatoms. The molecule has 1 aliphatic rings. The summed E-state index contributed by atoms with van der Waals surface area (Å²) < 4.78 is 4.80. The van der Waals surface area contributed by atoms with Crippen LogP contribution >= 0.6 is 0 Å². The first-order valence-electron chi connectivity index (χ1n) is 7.54. The normalized spacial score (nSPS) is 19.4. The molecule has 1 amide bonds. The summed E-state index contributed by atoms with van der Waals surface area (Å²) >= 11 is 0. The zero-order valence-electron chi connectivity index (χ0n) is 13.1. The highest BCUT2D eigenvalue weighted by molar-refractivity contribution is 5.88. The molecule has 0 saturated carbocycles. The Bertz CT molecular complexity index is 336. The molecule has 0 radical (unpaired) electrons. The van der Waals surface area contributed by atoms with Crippen LogP contribution in [0, 0.1) is 11.3 Å². The lowest BCUT2D eigenvalue weighted by molar-refractivity contribution is -0.147. The maximum atomic E-state index is 12.6. The van der Waals surface area contributed by atoms with Gasteiger partial charge >= 0.3 is 5.97 Å². The fraction of sp³-hybridized carbons (Fsp3) is 0.867. The molecule has 0 aliphatic carbocycles. The summed E-state index contributed by atoms with van der Waals surface area (Å²) in [4.78, 5) is 24.4. The van der Waals surface area contributed by atoms with Crippen molar-refractivity contribution in [1.29, 1.82) is 0 Å². The lowest BCUT2D eigenvalue weighted by atomic mass is 9.75. The van der Waals surface area contributed by atoms with Crippen molar-refractivity contribution in [2.45, 2.75) is 52.5 Å². The zero-order chi connectivity index (χ0) is 15.2. The number of amides is 1. The minimum atomic E-state index is -0.536. The molecular formula is C15H28N2O3. The van der Waals surface area contributed by atoms with Crippen molar-refractivity contribution in [3.63, 3.8) is 0 Å². The highest BCUT2D eigenvalue weighted by Gasteiger charge is 2.39. The summed E-state index contributed by atoms with van der Waals surface area (Å²) in [7, 11) is 1.36. The van der Waals surface area contributed by atoms with Crippen LogP contribution in [-0.4, -0.2) is 38.1 Å². The van der Waals surface area contributed by atoms with Gasteiger partial charge < -0.3 is 15.4 Å². The maximum absolute atomic E-state index is 12.6. The molecule has 0 aromatic carbocycles. The van der Waals surface area contributed by atoms with Gasteiger partial charge in [-0.15, -0.1) is 0 Å². The SMILES string of the molecule is CCC1(C(=O)NC(CC(C)C)C(=O)OC)CCNCC1. The minimum Gasteiger partial charge on any atom is -0.467 e. The van der Waals surface area contributed by atoms with Crippen molar-refractivity contribution in [3.05, 3.63) is 0 Å². The van der Waals surface area contributed by atoms with Gasteiger partial charge in [0.15, 0.2) is 0 Å². The molecule has 1 saturated heterocycles. The predicted octanol–water partition coefficient (Wildman–Crippen LogP) is 1.47. The van der Waals surface area contributed by atoms with E-state index in [-0.39, 0.29) is 17.3 Å². The van der Waals surface area contributed by atoms with Gasteiger partial charge in [-0.2, -0.15) is 0 Å². The Hall–Kier alpha value is -1.10. The number of carbonyl (C=O) groups is 2. The first-order valence-corrected chi connectivity index (χ1v) is 7.54. The first-order chi connectivity index (χ1) is 9.45. The smallest absolute Gasteiger partial charge is 0.328 e. The molecule has 0 bridgehead atoms. The van der Waals surface area contributed by atoms with E-state index in [1.807, 2.05) is 20.8 Å². The van der Waals surface area contributed by atoms with E-state index in [1.165, 1.54) is 7.11 Å². The average molecular weight is 284 g/mol. The van der Waals surface area contributed by atoms with E-state index in [0.717, 1.165) is 32.4 Å². The van der Waals surface area contributed by atoms with Crippen molar-refractivity contribution >= 4 is 11.9 Å². The van der Waals surface area contributed by atoms with Crippen molar-refractivity contribution in [2.75, 3.05) is 20.2 Å². The summed E-state index contributed by atoms with van der Waals surface area (Å²) in [6.07, 6.45) is 3.06.